The van der Waals surface area contributed by atoms with Crippen LogP contribution in [0.4, 0.5) is 11.6 Å². The molecule has 0 amide bonds. The van der Waals surface area contributed by atoms with Crippen molar-refractivity contribution in [3.05, 3.63) is 180 Å². The summed E-state index contributed by atoms with van der Waals surface area (Å²) in [5, 5.41) is 11.6. The molecule has 2 N–H and O–H groups in total. The van der Waals surface area contributed by atoms with Gasteiger partial charge in [0.1, 0.15) is 64.4 Å². The van der Waals surface area contributed by atoms with Crippen LogP contribution in [-0.2, 0) is 44.9 Å². The van der Waals surface area contributed by atoms with E-state index in [9.17, 15) is 0 Å². The first-order chi connectivity index (χ1) is 40.3. The number of pyridine rings is 2. The van der Waals surface area contributed by atoms with Gasteiger partial charge in [-0.15, -0.1) is 0 Å². The van der Waals surface area contributed by atoms with Crippen LogP contribution in [0.1, 0.15) is 95.1 Å². The molecule has 14 rings (SSSR count). The Bertz CT molecular complexity index is 3930. The fourth-order valence-electron chi connectivity index (χ4n) is 13.0. The van der Waals surface area contributed by atoms with E-state index in [1.54, 1.807) is 20.5 Å². The zero-order valence-electron chi connectivity index (χ0n) is 47.6. The molecule has 17 heteroatoms. The Morgan fingerprint density at radius 3 is 1.52 bits per heavy atom. The molecule has 4 fully saturated rings. The Hall–Kier alpha value is -7.73. The van der Waals surface area contributed by atoms with E-state index in [4.69, 9.17) is 50.0 Å². The highest BCUT2D eigenvalue weighted by atomic mass is 35.5. The Labute approximate surface area is 495 Å². The van der Waals surface area contributed by atoms with Crippen molar-refractivity contribution in [1.82, 2.24) is 39.0 Å². The number of nitrogens with zero attached hydrogens (tertiary/aromatic N) is 8. The third kappa shape index (κ3) is 11.9. The third-order valence-corrected chi connectivity index (χ3v) is 17.3. The van der Waals surface area contributed by atoms with Gasteiger partial charge in [-0.25, -0.2) is 29.9 Å². The second-order valence-electron chi connectivity index (χ2n) is 23.3. The van der Waals surface area contributed by atoms with Crippen LogP contribution in [0.5, 0.6) is 11.5 Å². The Morgan fingerprint density at radius 1 is 0.536 bits per heavy atom. The van der Waals surface area contributed by atoms with Gasteiger partial charge in [-0.1, -0.05) is 67.6 Å². The molecule has 2 saturated carbocycles. The molecule has 434 valence electrons. The van der Waals surface area contributed by atoms with Crippen LogP contribution in [0.2, 0.25) is 5.15 Å². The minimum atomic E-state index is -0.621. The third-order valence-electron chi connectivity index (χ3n) is 17.0. The maximum atomic E-state index is 6.48. The van der Waals surface area contributed by atoms with Crippen LogP contribution >= 0.6 is 11.6 Å². The minimum Gasteiger partial charge on any atom is -0.497 e. The smallest absolute Gasteiger partial charge is 0.163 e. The van der Waals surface area contributed by atoms with Crippen molar-refractivity contribution >= 4 is 67.1 Å². The summed E-state index contributed by atoms with van der Waals surface area (Å²) in [7, 11) is 3.36. The van der Waals surface area contributed by atoms with Gasteiger partial charge in [-0.2, -0.15) is 0 Å². The number of fused-ring (bicyclic) bond motifs is 6. The van der Waals surface area contributed by atoms with Crippen LogP contribution in [-0.4, -0.2) is 89.2 Å². The molecule has 10 aromatic rings. The van der Waals surface area contributed by atoms with Crippen LogP contribution in [0, 0.1) is 11.8 Å². The molecule has 2 aliphatic carbocycles. The second kappa shape index (κ2) is 23.7. The minimum absolute atomic E-state index is 0. The van der Waals surface area contributed by atoms with Gasteiger partial charge in [0.2, 0.25) is 0 Å². The first-order valence-corrected chi connectivity index (χ1v) is 29.2. The summed E-state index contributed by atoms with van der Waals surface area (Å²) in [6, 6.07) is 42.1. The molecule has 2 saturated heterocycles. The molecule has 4 aromatic carbocycles. The average Bonchev–Trinajstić information content (AvgIpc) is 3.29. The zero-order valence-corrected chi connectivity index (χ0v) is 48.4. The van der Waals surface area contributed by atoms with Crippen LogP contribution in [0.15, 0.2) is 153 Å². The largest absolute Gasteiger partial charge is 0.497 e. The molecule has 0 bridgehead atoms. The SMILES string of the molecule is C.COc1ccc(CNc2ccc3ccc(CC[C@H]4C[C@@H](n5ccc6c(Cl)ncnc65)[C@@H]5OC(C)(C)O[C@H]45)cc3n2)cc1.COc1ccc(CNc2ccc3ccc(CC[C@H]4C[C@@H](n5ccc6cncnc65)[C@@H]5OC(C)(C)O[C@H]45)cc3n2)cc1. The highest BCUT2D eigenvalue weighted by Crippen LogP contribution is 2.51. The molecule has 84 heavy (non-hydrogen) atoms. The summed E-state index contributed by atoms with van der Waals surface area (Å²) >= 11 is 6.35. The normalized spacial score (nSPS) is 22.8. The van der Waals surface area contributed by atoms with Gasteiger partial charge in [0.05, 0.1) is 54.9 Å². The van der Waals surface area contributed by atoms with Gasteiger partial charge >= 0.3 is 0 Å². The van der Waals surface area contributed by atoms with Crippen molar-refractivity contribution in [3.63, 3.8) is 0 Å². The molecule has 8 heterocycles. The molecule has 4 aliphatic rings. The number of hydrogen-bond acceptors (Lipinski definition) is 14. The summed E-state index contributed by atoms with van der Waals surface area (Å²) < 4.78 is 40.9. The van der Waals surface area contributed by atoms with Crippen molar-refractivity contribution in [2.24, 2.45) is 11.8 Å². The van der Waals surface area contributed by atoms with E-state index in [-0.39, 0.29) is 43.9 Å². The second-order valence-corrected chi connectivity index (χ2v) is 23.7. The molecule has 8 atom stereocenters. The summed E-state index contributed by atoms with van der Waals surface area (Å²) in [5.74, 6) is 2.96. The first-order valence-electron chi connectivity index (χ1n) is 28.8. The molecule has 16 nitrogen and oxygen atoms in total. The van der Waals surface area contributed by atoms with Crippen molar-refractivity contribution in [2.45, 2.75) is 135 Å². The Kier molecular flexibility index (Phi) is 16.0. The summed E-state index contributed by atoms with van der Waals surface area (Å²) in [5.41, 5.74) is 8.69. The number of anilines is 2. The van der Waals surface area contributed by atoms with Crippen LogP contribution < -0.4 is 20.1 Å². The van der Waals surface area contributed by atoms with Gasteiger partial charge in [-0.05, 0) is 173 Å². The Balaban J connectivity index is 0.000000163. The van der Waals surface area contributed by atoms with Crippen LogP contribution in [0.3, 0.4) is 0 Å². The number of benzene rings is 4. The van der Waals surface area contributed by atoms with Gasteiger partial charge in [0.25, 0.3) is 0 Å². The van der Waals surface area contributed by atoms with Gasteiger partial charge in [-0.3, -0.25) is 0 Å². The predicted octanol–water partition coefficient (Wildman–Crippen LogP) is 13.9. The molecule has 0 spiro atoms. The average molecular weight is 1150 g/mol. The maximum absolute atomic E-state index is 6.48. The van der Waals surface area contributed by atoms with Gasteiger partial charge in [0, 0.05) is 47.8 Å². The number of ether oxygens (including phenoxy) is 6. The van der Waals surface area contributed by atoms with E-state index < -0.39 is 11.6 Å². The fourth-order valence-corrected chi connectivity index (χ4v) is 13.2. The lowest BCUT2D eigenvalue weighted by Crippen LogP contribution is -2.27. The summed E-state index contributed by atoms with van der Waals surface area (Å²) in [6.45, 7) is 9.44. The molecule has 0 radical (unpaired) electrons. The van der Waals surface area contributed by atoms with Gasteiger partial charge in [0.15, 0.2) is 11.6 Å². The quantitative estimate of drug-likeness (QED) is 0.0877. The predicted molar refractivity (Wildman–Crippen MR) is 330 cm³/mol. The number of methoxy groups -OCH3 is 2. The molecular weight excluding hydrogens is 1080 g/mol. The van der Waals surface area contributed by atoms with E-state index >= 15 is 0 Å². The zero-order chi connectivity index (χ0) is 56.8. The summed E-state index contributed by atoms with van der Waals surface area (Å²) in [4.78, 5) is 27.3. The number of halogens is 1. The highest BCUT2D eigenvalue weighted by Gasteiger charge is 2.55. The monoisotopic (exact) mass is 1150 g/mol. The standard InChI is InChI=1S/C33H34ClN5O3.C33H35N5O3.CH4/c1-33(2)41-29-23(17-27(30(29)42-33)39-15-14-25-31(34)36-19-37-32(25)39)9-5-20-4-8-22-10-13-28(38-26(22)16-20)35-18-21-6-11-24(40-3)12-7-21;1-33(2)40-30-24(17-28(31(30)41-33)38-15-14-25-19-34-20-36-32(25)38)9-5-21-4-8-23-10-13-29(37-27(23)16-21)35-18-22-6-11-26(39-3)12-7-22;/h4,6-8,10-16,19,23,27,29-30H,5,9,17-18H2,1-3H3,(H,35,38);4,6-8,10-16,19-20,24,28,30-31H,5,9,17-18H2,1-3H3,(H,35,37);1H4/t23-,27+,29+,30-;24-,28+,30+,31-;/m00./s1. The van der Waals surface area contributed by atoms with E-state index in [1.807, 2.05) is 76.4 Å². The molecule has 6 aromatic heterocycles. The van der Waals surface area contributed by atoms with E-state index in [2.05, 4.69) is 131 Å². The van der Waals surface area contributed by atoms with E-state index in [0.717, 1.165) is 106 Å². The first kappa shape index (κ1) is 56.7. The van der Waals surface area contributed by atoms with E-state index in [0.29, 0.717) is 30.1 Å². The lowest BCUT2D eigenvalue weighted by Gasteiger charge is -2.24. The Morgan fingerprint density at radius 2 is 1.00 bits per heavy atom. The van der Waals surface area contributed by atoms with Crippen molar-refractivity contribution in [1.29, 1.82) is 0 Å². The van der Waals surface area contributed by atoms with Gasteiger partial charge < -0.3 is 48.2 Å². The molecule has 0 unspecified atom stereocenters. The van der Waals surface area contributed by atoms with Crippen molar-refractivity contribution in [3.8, 4) is 11.5 Å². The number of aryl methyl sites for hydroxylation is 2. The number of aromatic nitrogens is 8. The summed E-state index contributed by atoms with van der Waals surface area (Å²) in [6.07, 6.45) is 15.1. The number of nitrogens with one attached hydrogen (secondary N) is 2. The lowest BCUT2D eigenvalue weighted by atomic mass is 9.95. The topological polar surface area (TPSA) is 167 Å². The van der Waals surface area contributed by atoms with Crippen LogP contribution in [0.25, 0.3) is 43.9 Å². The number of rotatable bonds is 16. The molecule has 2 aliphatic heterocycles. The maximum Gasteiger partial charge on any atom is 0.163 e. The van der Waals surface area contributed by atoms with E-state index in [1.165, 1.54) is 28.6 Å². The number of hydrogen-bond donors (Lipinski definition) is 2. The van der Waals surface area contributed by atoms with Crippen molar-refractivity contribution in [2.75, 3.05) is 24.9 Å². The highest BCUT2D eigenvalue weighted by molar-refractivity contribution is 6.33. The van der Waals surface area contributed by atoms with Crippen molar-refractivity contribution < 1.29 is 28.4 Å². The molecular formula is C67H73ClN10O6. The lowest BCUT2D eigenvalue weighted by molar-refractivity contribution is -0.160. The fraction of sp³-hybridized carbons (Fsp3) is 0.373.